The molecule has 0 aliphatic heterocycles. The van der Waals surface area contributed by atoms with Crippen molar-refractivity contribution in [1.82, 2.24) is 15.5 Å². The van der Waals surface area contributed by atoms with Crippen molar-refractivity contribution < 1.29 is 9.90 Å². The summed E-state index contributed by atoms with van der Waals surface area (Å²) < 4.78 is 0. The minimum absolute atomic E-state index is 0.0827. The highest BCUT2D eigenvalue weighted by molar-refractivity contribution is 5.93. The third-order valence-corrected chi connectivity index (χ3v) is 4.72. The molecule has 1 atom stereocenters. The second kappa shape index (κ2) is 6.09. The summed E-state index contributed by atoms with van der Waals surface area (Å²) in [6, 6.07) is 15.1. The third-order valence-electron chi connectivity index (χ3n) is 4.72. The molecule has 5 heteroatoms. The zero-order chi connectivity index (χ0) is 17.4. The van der Waals surface area contributed by atoms with Gasteiger partial charge in [0.2, 0.25) is 0 Å². The standard InChI is InChI=1S/C20H19N3O2/c1-12-5-7-13(8-6-12)17-11-18(23-22-17)20(25)21-16-10-9-15-14(16)3-2-4-19(15)24/h2-8,11,16,24H,9-10H2,1H3,(H,21,25)(H,22,23). The summed E-state index contributed by atoms with van der Waals surface area (Å²) >= 11 is 0. The Bertz CT molecular complexity index is 928. The van der Waals surface area contributed by atoms with Crippen LogP contribution in [0.1, 0.15) is 39.6 Å². The van der Waals surface area contributed by atoms with E-state index in [1.54, 1.807) is 12.1 Å². The highest BCUT2D eigenvalue weighted by atomic mass is 16.3. The van der Waals surface area contributed by atoms with E-state index in [0.717, 1.165) is 35.2 Å². The molecule has 25 heavy (non-hydrogen) atoms. The number of rotatable bonds is 3. The van der Waals surface area contributed by atoms with Crippen LogP contribution >= 0.6 is 0 Å². The highest BCUT2D eigenvalue weighted by Crippen LogP contribution is 2.36. The molecule has 126 valence electrons. The molecule has 5 nitrogen and oxygen atoms in total. The summed E-state index contributed by atoms with van der Waals surface area (Å²) in [5.74, 6) is 0.115. The van der Waals surface area contributed by atoms with Crippen molar-refractivity contribution in [1.29, 1.82) is 0 Å². The summed E-state index contributed by atoms with van der Waals surface area (Å²) in [4.78, 5) is 12.5. The van der Waals surface area contributed by atoms with Crippen LogP contribution in [-0.2, 0) is 6.42 Å². The molecule has 1 unspecified atom stereocenters. The van der Waals surface area contributed by atoms with Crippen LogP contribution in [0.4, 0.5) is 0 Å². The van der Waals surface area contributed by atoms with Crippen LogP contribution in [0.25, 0.3) is 11.3 Å². The summed E-state index contributed by atoms with van der Waals surface area (Å²) in [5, 5.41) is 20.0. The van der Waals surface area contributed by atoms with Gasteiger partial charge in [-0.15, -0.1) is 0 Å². The van der Waals surface area contributed by atoms with E-state index in [1.807, 2.05) is 43.3 Å². The lowest BCUT2D eigenvalue weighted by atomic mass is 10.1. The van der Waals surface area contributed by atoms with E-state index in [1.165, 1.54) is 5.56 Å². The SMILES string of the molecule is Cc1ccc(-c2cc(C(=O)NC3CCc4c(O)cccc43)[nH]n2)cc1. The number of phenolic OH excluding ortho intramolecular Hbond substituents is 1. The highest BCUT2D eigenvalue weighted by Gasteiger charge is 2.26. The number of nitrogens with one attached hydrogen (secondary N) is 2. The van der Waals surface area contributed by atoms with Crippen LogP contribution in [0.15, 0.2) is 48.5 Å². The number of hydrogen-bond acceptors (Lipinski definition) is 3. The summed E-state index contributed by atoms with van der Waals surface area (Å²) in [7, 11) is 0. The lowest BCUT2D eigenvalue weighted by Crippen LogP contribution is -2.27. The smallest absolute Gasteiger partial charge is 0.269 e. The first-order valence-electron chi connectivity index (χ1n) is 8.36. The van der Waals surface area contributed by atoms with E-state index >= 15 is 0 Å². The van der Waals surface area contributed by atoms with Crippen molar-refractivity contribution in [2.24, 2.45) is 0 Å². The molecule has 3 aromatic rings. The monoisotopic (exact) mass is 333 g/mol. The predicted molar refractivity (Wildman–Crippen MR) is 95.4 cm³/mol. The molecular weight excluding hydrogens is 314 g/mol. The van der Waals surface area contributed by atoms with Gasteiger partial charge in [-0.25, -0.2) is 0 Å². The summed E-state index contributed by atoms with van der Waals surface area (Å²) in [6.07, 6.45) is 1.56. The van der Waals surface area contributed by atoms with Crippen LogP contribution in [0.3, 0.4) is 0 Å². The van der Waals surface area contributed by atoms with Gasteiger partial charge in [-0.05, 0) is 43.0 Å². The number of carbonyl (C=O) groups is 1. The van der Waals surface area contributed by atoms with Gasteiger partial charge in [0.1, 0.15) is 11.4 Å². The van der Waals surface area contributed by atoms with E-state index in [9.17, 15) is 9.90 Å². The second-order valence-corrected chi connectivity index (χ2v) is 6.44. The number of phenols is 1. The molecule has 1 aliphatic rings. The van der Waals surface area contributed by atoms with Crippen molar-refractivity contribution in [3.8, 4) is 17.0 Å². The van der Waals surface area contributed by atoms with Gasteiger partial charge in [-0.3, -0.25) is 9.89 Å². The van der Waals surface area contributed by atoms with Crippen LogP contribution < -0.4 is 5.32 Å². The molecular formula is C20H19N3O2. The Kier molecular flexibility index (Phi) is 3.76. The van der Waals surface area contributed by atoms with Gasteiger partial charge in [0, 0.05) is 5.56 Å². The molecule has 1 aromatic heterocycles. The first-order chi connectivity index (χ1) is 12.1. The number of aryl methyl sites for hydroxylation is 1. The molecule has 3 N–H and O–H groups in total. The number of benzene rings is 2. The van der Waals surface area contributed by atoms with Crippen LogP contribution in [0, 0.1) is 6.92 Å². The fourth-order valence-corrected chi connectivity index (χ4v) is 3.33. The maximum atomic E-state index is 12.5. The molecule has 0 fully saturated rings. The number of fused-ring (bicyclic) bond motifs is 1. The molecule has 0 saturated carbocycles. The molecule has 2 aromatic carbocycles. The van der Waals surface area contributed by atoms with E-state index in [0.29, 0.717) is 11.4 Å². The zero-order valence-corrected chi connectivity index (χ0v) is 13.9. The van der Waals surface area contributed by atoms with Crippen LogP contribution in [0.5, 0.6) is 5.75 Å². The maximum Gasteiger partial charge on any atom is 0.269 e. The van der Waals surface area contributed by atoms with Crippen molar-refractivity contribution in [3.63, 3.8) is 0 Å². The fraction of sp³-hybridized carbons (Fsp3) is 0.200. The Balaban J connectivity index is 1.52. The normalized spacial score (nSPS) is 15.8. The third kappa shape index (κ3) is 2.89. The Hall–Kier alpha value is -3.08. The molecule has 1 heterocycles. The average Bonchev–Trinajstić information content (AvgIpc) is 3.24. The minimum atomic E-state index is -0.188. The lowest BCUT2D eigenvalue weighted by molar-refractivity contribution is 0.0931. The second-order valence-electron chi connectivity index (χ2n) is 6.44. The van der Waals surface area contributed by atoms with Crippen molar-refractivity contribution >= 4 is 5.91 Å². The minimum Gasteiger partial charge on any atom is -0.508 e. The van der Waals surface area contributed by atoms with Crippen LogP contribution in [-0.4, -0.2) is 21.2 Å². The van der Waals surface area contributed by atoms with Crippen molar-refractivity contribution in [3.05, 3.63) is 70.9 Å². The van der Waals surface area contributed by atoms with Crippen molar-refractivity contribution in [2.75, 3.05) is 0 Å². The van der Waals surface area contributed by atoms with E-state index in [-0.39, 0.29) is 11.9 Å². The first kappa shape index (κ1) is 15.4. The number of aromatic nitrogens is 2. The van der Waals surface area contributed by atoms with Gasteiger partial charge in [0.25, 0.3) is 5.91 Å². The first-order valence-corrected chi connectivity index (χ1v) is 8.36. The quantitative estimate of drug-likeness (QED) is 0.686. The predicted octanol–water partition coefficient (Wildman–Crippen LogP) is 3.51. The number of nitrogens with zero attached hydrogens (tertiary/aromatic N) is 1. The Morgan fingerprint density at radius 2 is 2.04 bits per heavy atom. The van der Waals surface area contributed by atoms with Crippen LogP contribution in [0.2, 0.25) is 0 Å². The number of carbonyl (C=O) groups excluding carboxylic acids is 1. The average molecular weight is 333 g/mol. The van der Waals surface area contributed by atoms with Gasteiger partial charge in [0.05, 0.1) is 11.7 Å². The molecule has 0 radical (unpaired) electrons. The van der Waals surface area contributed by atoms with Gasteiger partial charge in [-0.1, -0.05) is 42.0 Å². The molecule has 1 aliphatic carbocycles. The lowest BCUT2D eigenvalue weighted by Gasteiger charge is -2.13. The van der Waals surface area contributed by atoms with Gasteiger partial charge < -0.3 is 10.4 Å². The topological polar surface area (TPSA) is 78.0 Å². The molecule has 0 bridgehead atoms. The van der Waals surface area contributed by atoms with E-state index in [2.05, 4.69) is 15.5 Å². The van der Waals surface area contributed by atoms with Gasteiger partial charge in [-0.2, -0.15) is 5.10 Å². The number of H-pyrrole nitrogens is 1. The molecule has 1 amide bonds. The Morgan fingerprint density at radius 1 is 1.24 bits per heavy atom. The van der Waals surface area contributed by atoms with E-state index in [4.69, 9.17) is 0 Å². The number of aromatic amines is 1. The van der Waals surface area contributed by atoms with Gasteiger partial charge >= 0.3 is 0 Å². The summed E-state index contributed by atoms with van der Waals surface area (Å²) in [6.45, 7) is 2.03. The van der Waals surface area contributed by atoms with Gasteiger partial charge in [0.15, 0.2) is 0 Å². The molecule has 4 rings (SSSR count). The van der Waals surface area contributed by atoms with Crippen molar-refractivity contribution in [2.45, 2.75) is 25.8 Å². The summed E-state index contributed by atoms with van der Waals surface area (Å²) in [5.41, 5.74) is 5.25. The molecule has 0 spiro atoms. The number of hydrogen-bond donors (Lipinski definition) is 3. The fourth-order valence-electron chi connectivity index (χ4n) is 3.33. The Morgan fingerprint density at radius 3 is 2.84 bits per heavy atom. The largest absolute Gasteiger partial charge is 0.508 e. The number of aromatic hydroxyl groups is 1. The Labute approximate surface area is 145 Å². The zero-order valence-electron chi connectivity index (χ0n) is 13.9. The number of amides is 1. The maximum absolute atomic E-state index is 12.5. The molecule has 0 saturated heterocycles. The van der Waals surface area contributed by atoms with E-state index < -0.39 is 0 Å².